The van der Waals surface area contributed by atoms with Gasteiger partial charge in [-0.05, 0) is 19.1 Å². The van der Waals surface area contributed by atoms with E-state index in [1.165, 1.54) is 4.57 Å². The highest BCUT2D eigenvalue weighted by atomic mass is 35.5. The van der Waals surface area contributed by atoms with Gasteiger partial charge >= 0.3 is 0 Å². The molecule has 1 atom stereocenters. The van der Waals surface area contributed by atoms with Crippen LogP contribution in [0.25, 0.3) is 10.9 Å². The Bertz CT molecular complexity index is 813. The maximum Gasteiger partial charge on any atom is 0.261 e. The molecular weight excluding hydrogens is 312 g/mol. The van der Waals surface area contributed by atoms with E-state index in [0.29, 0.717) is 16.7 Å². The zero-order valence-electron chi connectivity index (χ0n) is 11.9. The maximum absolute atomic E-state index is 12.5. The largest absolute Gasteiger partial charge is 0.294 e. The molecule has 0 aliphatic carbocycles. The Hall–Kier alpha value is -1.40. The Labute approximate surface area is 128 Å². The molecule has 0 saturated heterocycles. The fraction of sp³-hybridized carbons (Fsp3) is 0.429. The number of benzene rings is 1. The molecule has 2 aromatic rings. The molecule has 1 aromatic heterocycles. The standard InChI is InChI=1S/C14H17ClN2O3S/c1-3-21(19,20)9-8-17-13(10(2)15)16-12-7-5-4-6-11(12)14(17)18/h4-7,10H,3,8-9H2,1-2H3. The molecular formula is C14H17ClN2O3S. The number of hydrogen-bond acceptors (Lipinski definition) is 4. The molecule has 0 N–H and O–H groups in total. The van der Waals surface area contributed by atoms with Gasteiger partial charge in [0, 0.05) is 12.3 Å². The minimum Gasteiger partial charge on any atom is -0.294 e. The van der Waals surface area contributed by atoms with Crippen molar-refractivity contribution in [2.75, 3.05) is 11.5 Å². The van der Waals surface area contributed by atoms with E-state index in [0.717, 1.165) is 0 Å². The molecule has 1 heterocycles. The van der Waals surface area contributed by atoms with Crippen molar-refractivity contribution in [3.8, 4) is 0 Å². The predicted octanol–water partition coefficient (Wildman–Crippen LogP) is 2.13. The highest BCUT2D eigenvalue weighted by Crippen LogP contribution is 2.18. The molecule has 0 fully saturated rings. The fourth-order valence-corrected chi connectivity index (χ4v) is 3.00. The quantitative estimate of drug-likeness (QED) is 0.788. The van der Waals surface area contributed by atoms with Crippen molar-refractivity contribution in [3.63, 3.8) is 0 Å². The van der Waals surface area contributed by atoms with Gasteiger partial charge in [-0.25, -0.2) is 13.4 Å². The average Bonchev–Trinajstić information content (AvgIpc) is 2.46. The van der Waals surface area contributed by atoms with E-state index in [4.69, 9.17) is 11.6 Å². The third kappa shape index (κ3) is 3.44. The van der Waals surface area contributed by atoms with E-state index in [1.54, 1.807) is 38.1 Å². The van der Waals surface area contributed by atoms with Gasteiger partial charge in [0.1, 0.15) is 5.82 Å². The SMILES string of the molecule is CCS(=O)(=O)CCn1c(C(C)Cl)nc2ccccc2c1=O. The number of halogens is 1. The normalized spacial score (nSPS) is 13.5. The van der Waals surface area contributed by atoms with Gasteiger partial charge in [-0.2, -0.15) is 0 Å². The first kappa shape index (κ1) is 16.0. The van der Waals surface area contributed by atoms with E-state index in [2.05, 4.69) is 4.98 Å². The number of para-hydroxylation sites is 1. The molecule has 0 radical (unpaired) electrons. The summed E-state index contributed by atoms with van der Waals surface area (Å²) in [6.07, 6.45) is 0. The Morgan fingerprint density at radius 3 is 2.62 bits per heavy atom. The first-order chi connectivity index (χ1) is 9.85. The Kier molecular flexibility index (Phi) is 4.68. The predicted molar refractivity (Wildman–Crippen MR) is 84.6 cm³/mol. The van der Waals surface area contributed by atoms with Gasteiger partial charge in [0.25, 0.3) is 5.56 Å². The molecule has 0 spiro atoms. The minimum atomic E-state index is -3.16. The second-order valence-corrected chi connectivity index (χ2v) is 7.92. The Morgan fingerprint density at radius 1 is 1.33 bits per heavy atom. The molecule has 0 bridgehead atoms. The lowest BCUT2D eigenvalue weighted by Crippen LogP contribution is -2.29. The molecule has 1 aromatic carbocycles. The van der Waals surface area contributed by atoms with E-state index in [1.807, 2.05) is 0 Å². The maximum atomic E-state index is 12.5. The molecule has 0 amide bonds. The lowest BCUT2D eigenvalue weighted by atomic mass is 10.2. The van der Waals surface area contributed by atoms with E-state index in [-0.39, 0.29) is 23.6 Å². The van der Waals surface area contributed by atoms with Crippen molar-refractivity contribution in [2.45, 2.75) is 25.8 Å². The van der Waals surface area contributed by atoms with Crippen molar-refractivity contribution >= 4 is 32.3 Å². The number of aromatic nitrogens is 2. The number of rotatable bonds is 5. The van der Waals surface area contributed by atoms with Gasteiger partial charge in [-0.1, -0.05) is 19.1 Å². The summed E-state index contributed by atoms with van der Waals surface area (Å²) in [6.45, 7) is 3.37. The second-order valence-electron chi connectivity index (χ2n) is 4.80. The Morgan fingerprint density at radius 2 is 2.00 bits per heavy atom. The van der Waals surface area contributed by atoms with Gasteiger partial charge in [-0.3, -0.25) is 9.36 Å². The fourth-order valence-electron chi connectivity index (χ4n) is 2.08. The zero-order chi connectivity index (χ0) is 15.6. The summed E-state index contributed by atoms with van der Waals surface area (Å²) in [5.74, 6) is 0.348. The van der Waals surface area contributed by atoms with Crippen LogP contribution in [0.2, 0.25) is 0 Å². The number of hydrogen-bond donors (Lipinski definition) is 0. The van der Waals surface area contributed by atoms with Crippen LogP contribution in [-0.2, 0) is 16.4 Å². The van der Waals surface area contributed by atoms with Crippen molar-refractivity contribution in [1.29, 1.82) is 0 Å². The molecule has 2 rings (SSSR count). The topological polar surface area (TPSA) is 69.0 Å². The van der Waals surface area contributed by atoms with Crippen molar-refractivity contribution in [2.24, 2.45) is 0 Å². The number of alkyl halides is 1. The van der Waals surface area contributed by atoms with Crippen LogP contribution in [0, 0.1) is 0 Å². The van der Waals surface area contributed by atoms with Crippen LogP contribution in [0.3, 0.4) is 0 Å². The third-order valence-electron chi connectivity index (χ3n) is 3.31. The van der Waals surface area contributed by atoms with Crippen LogP contribution in [0.4, 0.5) is 0 Å². The monoisotopic (exact) mass is 328 g/mol. The molecule has 5 nitrogen and oxygen atoms in total. The summed E-state index contributed by atoms with van der Waals surface area (Å²) in [5, 5.41) is -0.0147. The summed E-state index contributed by atoms with van der Waals surface area (Å²) < 4.78 is 24.7. The molecule has 0 aliphatic heterocycles. The van der Waals surface area contributed by atoms with Crippen LogP contribution in [0.15, 0.2) is 29.1 Å². The highest BCUT2D eigenvalue weighted by molar-refractivity contribution is 7.91. The molecule has 21 heavy (non-hydrogen) atoms. The summed E-state index contributed by atoms with van der Waals surface area (Å²) in [6, 6.07) is 6.97. The van der Waals surface area contributed by atoms with Crippen LogP contribution in [-0.4, -0.2) is 29.5 Å². The summed E-state index contributed by atoms with van der Waals surface area (Å²) in [7, 11) is -3.16. The lowest BCUT2D eigenvalue weighted by Gasteiger charge is -2.14. The minimum absolute atomic E-state index is 0.0501. The van der Waals surface area contributed by atoms with Gasteiger partial charge in [0.15, 0.2) is 9.84 Å². The van der Waals surface area contributed by atoms with E-state index in [9.17, 15) is 13.2 Å². The number of fused-ring (bicyclic) bond motifs is 1. The third-order valence-corrected chi connectivity index (χ3v) is 5.19. The molecule has 7 heteroatoms. The second kappa shape index (κ2) is 6.15. The number of nitrogens with zero attached hydrogens (tertiary/aromatic N) is 2. The van der Waals surface area contributed by atoms with Gasteiger partial charge in [0.2, 0.25) is 0 Å². The lowest BCUT2D eigenvalue weighted by molar-refractivity contribution is 0.583. The first-order valence-electron chi connectivity index (χ1n) is 6.69. The van der Waals surface area contributed by atoms with Crippen molar-refractivity contribution < 1.29 is 8.42 Å². The smallest absolute Gasteiger partial charge is 0.261 e. The first-order valence-corrected chi connectivity index (χ1v) is 8.95. The highest BCUT2D eigenvalue weighted by Gasteiger charge is 2.16. The van der Waals surface area contributed by atoms with Gasteiger partial charge in [0.05, 0.1) is 22.0 Å². The van der Waals surface area contributed by atoms with Gasteiger partial charge < -0.3 is 0 Å². The summed E-state index contributed by atoms with van der Waals surface area (Å²) in [4.78, 5) is 16.9. The summed E-state index contributed by atoms with van der Waals surface area (Å²) >= 11 is 6.09. The molecule has 0 saturated carbocycles. The summed E-state index contributed by atoms with van der Waals surface area (Å²) in [5.41, 5.74) is 0.314. The number of sulfone groups is 1. The Balaban J connectivity index is 2.57. The van der Waals surface area contributed by atoms with E-state index < -0.39 is 15.2 Å². The zero-order valence-corrected chi connectivity index (χ0v) is 13.5. The molecule has 1 unspecified atom stereocenters. The van der Waals surface area contributed by atoms with Crippen molar-refractivity contribution in [1.82, 2.24) is 9.55 Å². The van der Waals surface area contributed by atoms with Crippen LogP contribution >= 0.6 is 11.6 Å². The van der Waals surface area contributed by atoms with Gasteiger partial charge in [-0.15, -0.1) is 11.6 Å². The molecule has 0 aliphatic rings. The van der Waals surface area contributed by atoms with Crippen LogP contribution < -0.4 is 5.56 Å². The van der Waals surface area contributed by atoms with Crippen molar-refractivity contribution in [3.05, 3.63) is 40.4 Å². The van der Waals surface area contributed by atoms with Crippen LogP contribution in [0.1, 0.15) is 25.0 Å². The molecule has 114 valence electrons. The van der Waals surface area contributed by atoms with E-state index >= 15 is 0 Å². The average molecular weight is 329 g/mol. The van der Waals surface area contributed by atoms with Crippen LogP contribution in [0.5, 0.6) is 0 Å².